The van der Waals surface area contributed by atoms with E-state index >= 15 is 0 Å². The normalized spacial score (nSPS) is 10.2. The van der Waals surface area contributed by atoms with Gasteiger partial charge in [-0.15, -0.1) is 11.3 Å². The third-order valence-corrected chi connectivity index (χ3v) is 4.80. The Kier molecular flexibility index (Phi) is 5.22. The number of carbonyl (C=O) groups is 2. The van der Waals surface area contributed by atoms with E-state index in [0.717, 1.165) is 9.35 Å². The zero-order valence-electron chi connectivity index (χ0n) is 10.5. The quantitative estimate of drug-likeness (QED) is 0.734. The molecule has 8 heteroatoms. The third-order valence-electron chi connectivity index (χ3n) is 2.56. The van der Waals surface area contributed by atoms with Crippen molar-refractivity contribution in [2.45, 2.75) is 6.54 Å². The summed E-state index contributed by atoms with van der Waals surface area (Å²) >= 11 is 10.7. The van der Waals surface area contributed by atoms with Crippen LogP contribution in [0.15, 0.2) is 34.1 Å². The van der Waals surface area contributed by atoms with Crippen LogP contribution in [0.2, 0.25) is 5.02 Å². The summed E-state index contributed by atoms with van der Waals surface area (Å²) in [6.45, 7) is 0.394. The molecule has 2 aromatic rings. The van der Waals surface area contributed by atoms with Crippen LogP contribution >= 0.6 is 38.9 Å². The molecule has 110 valence electrons. The Morgan fingerprint density at radius 3 is 2.67 bits per heavy atom. The van der Waals surface area contributed by atoms with E-state index in [1.807, 2.05) is 11.4 Å². The van der Waals surface area contributed by atoms with Gasteiger partial charge in [-0.3, -0.25) is 0 Å². The second-order valence-corrected chi connectivity index (χ2v) is 6.26. The van der Waals surface area contributed by atoms with Crippen molar-refractivity contribution < 1.29 is 14.7 Å². The molecule has 0 spiro atoms. The van der Waals surface area contributed by atoms with Gasteiger partial charge in [0.2, 0.25) is 0 Å². The number of hydrogen-bond acceptors (Lipinski definition) is 3. The number of amides is 2. The summed E-state index contributed by atoms with van der Waals surface area (Å²) in [5.74, 6) is -1.11. The van der Waals surface area contributed by atoms with E-state index in [2.05, 4.69) is 26.6 Å². The molecule has 0 bridgehead atoms. The van der Waals surface area contributed by atoms with E-state index in [-0.39, 0.29) is 10.6 Å². The first-order chi connectivity index (χ1) is 9.97. The fourth-order valence-corrected chi connectivity index (χ4v) is 3.25. The predicted molar refractivity (Wildman–Crippen MR) is 86.3 cm³/mol. The second-order valence-electron chi connectivity index (χ2n) is 4.00. The molecule has 0 aliphatic carbocycles. The van der Waals surface area contributed by atoms with Crippen molar-refractivity contribution in [2.24, 2.45) is 0 Å². The van der Waals surface area contributed by atoms with Crippen LogP contribution < -0.4 is 10.6 Å². The smallest absolute Gasteiger partial charge is 0.337 e. The minimum atomic E-state index is -1.11. The standard InChI is InChI=1S/C13H10BrClN2O3S/c14-9-3-4-21-11(9)6-16-13(20)17-7-1-2-8(12(18)19)10(15)5-7/h1-5H,6H2,(H,18,19)(H2,16,17,20). The van der Waals surface area contributed by atoms with Crippen molar-refractivity contribution in [1.29, 1.82) is 0 Å². The average Bonchev–Trinajstić information content (AvgIpc) is 2.81. The fourth-order valence-electron chi connectivity index (χ4n) is 1.55. The van der Waals surface area contributed by atoms with Crippen molar-refractivity contribution in [1.82, 2.24) is 5.32 Å². The molecular formula is C13H10BrClN2O3S. The molecule has 2 amide bonds. The van der Waals surface area contributed by atoms with Gasteiger partial charge in [0.1, 0.15) is 0 Å². The van der Waals surface area contributed by atoms with Crippen LogP contribution in [0.1, 0.15) is 15.2 Å². The zero-order chi connectivity index (χ0) is 15.4. The summed E-state index contributed by atoms with van der Waals surface area (Å²) in [4.78, 5) is 23.6. The molecule has 5 nitrogen and oxygen atoms in total. The number of halogens is 2. The highest BCUT2D eigenvalue weighted by atomic mass is 79.9. The lowest BCUT2D eigenvalue weighted by atomic mass is 10.2. The molecule has 1 aromatic carbocycles. The SMILES string of the molecule is O=C(NCc1sccc1Br)Nc1ccc(C(=O)O)c(Cl)c1. The van der Waals surface area contributed by atoms with Gasteiger partial charge in [0.05, 0.1) is 17.1 Å². The van der Waals surface area contributed by atoms with Gasteiger partial charge in [-0.05, 0) is 45.6 Å². The Balaban J connectivity index is 1.95. The minimum Gasteiger partial charge on any atom is -0.478 e. The number of carbonyl (C=O) groups excluding carboxylic acids is 1. The fraction of sp³-hybridized carbons (Fsp3) is 0.0769. The maximum absolute atomic E-state index is 11.8. The summed E-state index contributed by atoms with van der Waals surface area (Å²) in [7, 11) is 0. The van der Waals surface area contributed by atoms with E-state index in [9.17, 15) is 9.59 Å². The van der Waals surface area contributed by atoms with Crippen LogP contribution in [-0.2, 0) is 6.54 Å². The first-order valence-corrected chi connectivity index (χ1v) is 7.82. The number of hydrogen-bond donors (Lipinski definition) is 3. The molecule has 0 fully saturated rings. The van der Waals surface area contributed by atoms with Crippen LogP contribution in [0, 0.1) is 0 Å². The molecule has 0 aliphatic heterocycles. The van der Waals surface area contributed by atoms with Crippen molar-refractivity contribution in [2.75, 3.05) is 5.32 Å². The highest BCUT2D eigenvalue weighted by Crippen LogP contribution is 2.23. The molecule has 3 N–H and O–H groups in total. The second kappa shape index (κ2) is 6.93. The number of urea groups is 1. The van der Waals surface area contributed by atoms with Gasteiger partial charge in [0, 0.05) is 15.0 Å². The van der Waals surface area contributed by atoms with E-state index in [0.29, 0.717) is 12.2 Å². The van der Waals surface area contributed by atoms with Gasteiger partial charge < -0.3 is 15.7 Å². The maximum Gasteiger partial charge on any atom is 0.337 e. The van der Waals surface area contributed by atoms with Crippen molar-refractivity contribution in [3.05, 3.63) is 49.6 Å². The molecule has 0 saturated carbocycles. The average molecular weight is 390 g/mol. The topological polar surface area (TPSA) is 78.4 Å². The molecule has 1 heterocycles. The van der Waals surface area contributed by atoms with Crippen LogP contribution in [0.3, 0.4) is 0 Å². The van der Waals surface area contributed by atoms with E-state index in [1.54, 1.807) is 0 Å². The molecule has 1 aromatic heterocycles. The van der Waals surface area contributed by atoms with Gasteiger partial charge >= 0.3 is 12.0 Å². The Labute approximate surface area is 138 Å². The number of rotatable bonds is 4. The summed E-state index contributed by atoms with van der Waals surface area (Å²) in [6.07, 6.45) is 0. The number of carboxylic acid groups (broad SMARTS) is 1. The third kappa shape index (κ3) is 4.20. The molecule has 21 heavy (non-hydrogen) atoms. The van der Waals surface area contributed by atoms with Crippen molar-refractivity contribution >= 4 is 56.6 Å². The van der Waals surface area contributed by atoms with Gasteiger partial charge in [-0.2, -0.15) is 0 Å². The molecule has 0 atom stereocenters. The van der Waals surface area contributed by atoms with E-state index < -0.39 is 12.0 Å². The number of aromatic carboxylic acids is 1. The van der Waals surface area contributed by atoms with Gasteiger partial charge in [-0.1, -0.05) is 11.6 Å². The Morgan fingerprint density at radius 1 is 1.33 bits per heavy atom. The van der Waals surface area contributed by atoms with Gasteiger partial charge in [0.15, 0.2) is 0 Å². The first-order valence-electron chi connectivity index (χ1n) is 5.77. The monoisotopic (exact) mass is 388 g/mol. The largest absolute Gasteiger partial charge is 0.478 e. The summed E-state index contributed by atoms with van der Waals surface area (Å²) in [6, 6.07) is 5.73. The summed E-state index contributed by atoms with van der Waals surface area (Å²) in [5, 5.41) is 16.2. The number of benzene rings is 1. The van der Waals surface area contributed by atoms with Crippen LogP contribution in [0.5, 0.6) is 0 Å². The molecule has 2 rings (SSSR count). The predicted octanol–water partition coefficient (Wildman–Crippen LogP) is 4.18. The van der Waals surface area contributed by atoms with Crippen molar-refractivity contribution in [3.8, 4) is 0 Å². The van der Waals surface area contributed by atoms with Gasteiger partial charge in [0.25, 0.3) is 0 Å². The molecule has 0 radical (unpaired) electrons. The lowest BCUT2D eigenvalue weighted by Gasteiger charge is -2.08. The van der Waals surface area contributed by atoms with E-state index in [1.165, 1.54) is 29.5 Å². The molecule has 0 aliphatic rings. The Morgan fingerprint density at radius 2 is 2.10 bits per heavy atom. The first kappa shape index (κ1) is 15.8. The Hall–Kier alpha value is -1.57. The highest BCUT2D eigenvalue weighted by Gasteiger charge is 2.10. The number of nitrogens with one attached hydrogen (secondary N) is 2. The van der Waals surface area contributed by atoms with Gasteiger partial charge in [-0.25, -0.2) is 9.59 Å². The minimum absolute atomic E-state index is 0.00913. The summed E-state index contributed by atoms with van der Waals surface area (Å²) in [5.41, 5.74) is 0.415. The molecule has 0 saturated heterocycles. The number of carboxylic acids is 1. The molecule has 0 unspecified atom stereocenters. The van der Waals surface area contributed by atoms with Crippen LogP contribution in [0.25, 0.3) is 0 Å². The lowest BCUT2D eigenvalue weighted by Crippen LogP contribution is -2.28. The Bertz CT molecular complexity index is 690. The maximum atomic E-state index is 11.8. The number of anilines is 1. The van der Waals surface area contributed by atoms with Crippen LogP contribution in [-0.4, -0.2) is 17.1 Å². The zero-order valence-corrected chi connectivity index (χ0v) is 13.7. The van der Waals surface area contributed by atoms with Crippen molar-refractivity contribution in [3.63, 3.8) is 0 Å². The molecular weight excluding hydrogens is 380 g/mol. The lowest BCUT2D eigenvalue weighted by molar-refractivity contribution is 0.0697. The van der Waals surface area contributed by atoms with Crippen LogP contribution in [0.4, 0.5) is 10.5 Å². The van der Waals surface area contributed by atoms with E-state index in [4.69, 9.17) is 16.7 Å². The summed E-state index contributed by atoms with van der Waals surface area (Å²) < 4.78 is 0.946. The number of thiophene rings is 1. The highest BCUT2D eigenvalue weighted by molar-refractivity contribution is 9.10.